The average molecular weight is 358 g/mol. The van der Waals surface area contributed by atoms with Crippen molar-refractivity contribution in [3.05, 3.63) is 69.4 Å². The summed E-state index contributed by atoms with van der Waals surface area (Å²) in [6, 6.07) is 8.66. The molecule has 0 saturated carbocycles. The third-order valence-electron chi connectivity index (χ3n) is 4.73. The van der Waals surface area contributed by atoms with Gasteiger partial charge in [0.25, 0.3) is 0 Å². The number of aliphatic imine (C=N–C) groups is 3. The fraction of sp³-hybridized carbons (Fsp3) is 0.292. The molecule has 3 heteroatoms. The Labute approximate surface area is 162 Å². The molecule has 1 aliphatic rings. The molecule has 0 radical (unpaired) electrons. The first-order chi connectivity index (χ1) is 12.8. The number of hydrogen-bond donors (Lipinski definition) is 0. The summed E-state index contributed by atoms with van der Waals surface area (Å²) in [7, 11) is 0. The highest BCUT2D eigenvalue weighted by Gasteiger charge is 2.07. The summed E-state index contributed by atoms with van der Waals surface area (Å²) in [5.41, 5.74) is 11.2. The Hall–Kier alpha value is -2.81. The lowest BCUT2D eigenvalue weighted by molar-refractivity contribution is 1.29. The van der Waals surface area contributed by atoms with Crippen molar-refractivity contribution >= 4 is 29.5 Å². The first kappa shape index (κ1) is 19.0. The summed E-state index contributed by atoms with van der Waals surface area (Å²) in [6.45, 7) is 12.6. The van der Waals surface area contributed by atoms with Gasteiger partial charge in [-0.2, -0.15) is 0 Å². The predicted octanol–water partition coefficient (Wildman–Crippen LogP) is 6.37. The topological polar surface area (TPSA) is 37.1 Å². The third-order valence-corrected chi connectivity index (χ3v) is 4.73. The molecule has 0 saturated heterocycles. The van der Waals surface area contributed by atoms with Crippen LogP contribution in [0.3, 0.4) is 0 Å². The summed E-state index contributed by atoms with van der Waals surface area (Å²) in [6.07, 6.45) is 6.62. The number of rotatable bonds is 4. The van der Waals surface area contributed by atoms with E-state index in [2.05, 4.69) is 86.9 Å². The van der Waals surface area contributed by atoms with Crippen molar-refractivity contribution in [1.29, 1.82) is 0 Å². The lowest BCUT2D eigenvalue weighted by atomic mass is 10.1. The van der Waals surface area contributed by atoms with Crippen molar-refractivity contribution in [3.63, 3.8) is 0 Å². The van der Waals surface area contributed by atoms with Gasteiger partial charge in [0.1, 0.15) is 0 Å². The van der Waals surface area contributed by atoms with Crippen LogP contribution in [0.15, 0.2) is 51.0 Å². The van der Waals surface area contributed by atoms with E-state index in [0.717, 1.165) is 29.2 Å². The second kappa shape index (κ2) is 7.83. The molecule has 1 aliphatic heterocycles. The van der Waals surface area contributed by atoms with E-state index in [4.69, 9.17) is 0 Å². The van der Waals surface area contributed by atoms with E-state index in [1.807, 2.05) is 12.4 Å². The Kier molecular flexibility index (Phi) is 5.50. The van der Waals surface area contributed by atoms with Crippen LogP contribution in [0.5, 0.6) is 0 Å². The quantitative estimate of drug-likeness (QED) is 0.570. The molecule has 2 aromatic carbocycles. The van der Waals surface area contributed by atoms with E-state index in [1.54, 1.807) is 0 Å². The van der Waals surface area contributed by atoms with E-state index in [9.17, 15) is 0 Å². The van der Waals surface area contributed by atoms with Crippen LogP contribution in [0.4, 0.5) is 11.4 Å². The molecular formula is C24H27N3. The highest BCUT2D eigenvalue weighted by molar-refractivity contribution is 6.33. The van der Waals surface area contributed by atoms with Crippen LogP contribution in [0, 0.1) is 41.5 Å². The molecule has 0 fully saturated rings. The van der Waals surface area contributed by atoms with E-state index >= 15 is 0 Å². The van der Waals surface area contributed by atoms with Gasteiger partial charge < -0.3 is 0 Å². The maximum absolute atomic E-state index is 4.69. The van der Waals surface area contributed by atoms with Gasteiger partial charge in [-0.05, 0) is 63.8 Å². The molecule has 3 rings (SSSR count). The normalized spacial score (nSPS) is 14.3. The summed E-state index contributed by atoms with van der Waals surface area (Å²) >= 11 is 0. The molecule has 0 unspecified atom stereocenters. The minimum Gasteiger partial charge on any atom is -0.254 e. The lowest BCUT2D eigenvalue weighted by Crippen LogP contribution is -1.95. The van der Waals surface area contributed by atoms with Gasteiger partial charge in [-0.25, -0.2) is 0 Å². The number of nitrogens with zero attached hydrogens (tertiary/aromatic N) is 3. The summed E-state index contributed by atoms with van der Waals surface area (Å²) in [4.78, 5) is 14.0. The maximum atomic E-state index is 4.69. The van der Waals surface area contributed by atoms with Gasteiger partial charge >= 0.3 is 0 Å². The molecule has 3 nitrogen and oxygen atoms in total. The molecule has 0 amide bonds. The molecule has 0 bridgehead atoms. The van der Waals surface area contributed by atoms with Crippen molar-refractivity contribution in [2.45, 2.75) is 48.0 Å². The van der Waals surface area contributed by atoms with E-state index in [0.29, 0.717) is 0 Å². The number of aryl methyl sites for hydroxylation is 6. The van der Waals surface area contributed by atoms with Gasteiger partial charge in [-0.3, -0.25) is 15.0 Å². The summed E-state index contributed by atoms with van der Waals surface area (Å²) < 4.78 is 0. The molecule has 0 atom stereocenters. The molecule has 0 spiro atoms. The molecule has 2 aromatic rings. The van der Waals surface area contributed by atoms with Crippen molar-refractivity contribution < 1.29 is 0 Å². The SMILES string of the molecule is Cc1cc(C)c(N=CC2=CCC(C=Nc3c(C)cc(C)cc3C)=N2)c(C)c1. The fourth-order valence-corrected chi connectivity index (χ4v) is 3.65. The maximum Gasteiger partial charge on any atom is 0.0780 e. The van der Waals surface area contributed by atoms with Crippen molar-refractivity contribution in [3.8, 4) is 0 Å². The Morgan fingerprint density at radius 2 is 1.15 bits per heavy atom. The van der Waals surface area contributed by atoms with Crippen LogP contribution < -0.4 is 0 Å². The zero-order chi connectivity index (χ0) is 19.6. The Morgan fingerprint density at radius 3 is 1.63 bits per heavy atom. The second-order valence-electron chi connectivity index (χ2n) is 7.45. The first-order valence-corrected chi connectivity index (χ1v) is 9.35. The monoisotopic (exact) mass is 357 g/mol. The van der Waals surface area contributed by atoms with Crippen molar-refractivity contribution in [1.82, 2.24) is 0 Å². The summed E-state index contributed by atoms with van der Waals surface area (Å²) in [5, 5.41) is 0. The van der Waals surface area contributed by atoms with Crippen LogP contribution in [-0.2, 0) is 0 Å². The van der Waals surface area contributed by atoms with E-state index in [1.165, 1.54) is 33.4 Å². The van der Waals surface area contributed by atoms with Crippen LogP contribution in [-0.4, -0.2) is 18.1 Å². The standard InChI is InChI=1S/C24H27N3/c1-15-9-17(3)23(18(4)10-15)25-13-21-7-8-22(27-21)14-26-24-19(5)11-16(2)12-20(24)6/h7,9-14H,8H2,1-6H3. The summed E-state index contributed by atoms with van der Waals surface area (Å²) in [5.74, 6) is 0. The Morgan fingerprint density at radius 1 is 0.704 bits per heavy atom. The smallest absolute Gasteiger partial charge is 0.0780 e. The third kappa shape index (κ3) is 4.48. The molecule has 0 N–H and O–H groups in total. The van der Waals surface area contributed by atoms with Crippen molar-refractivity contribution in [2.24, 2.45) is 15.0 Å². The van der Waals surface area contributed by atoms with Gasteiger partial charge in [0, 0.05) is 12.6 Å². The minimum absolute atomic E-state index is 0.792. The zero-order valence-corrected chi connectivity index (χ0v) is 17.1. The molecule has 1 heterocycles. The molecule has 0 aromatic heterocycles. The Balaban J connectivity index is 1.75. The van der Waals surface area contributed by atoms with Crippen molar-refractivity contribution in [2.75, 3.05) is 0 Å². The zero-order valence-electron chi connectivity index (χ0n) is 17.1. The highest BCUT2D eigenvalue weighted by atomic mass is 14.8. The van der Waals surface area contributed by atoms with Gasteiger partial charge in [0.2, 0.25) is 0 Å². The largest absolute Gasteiger partial charge is 0.254 e. The number of hydrogen-bond acceptors (Lipinski definition) is 3. The number of allylic oxidation sites excluding steroid dienone is 2. The molecular weight excluding hydrogens is 330 g/mol. The molecule has 0 aliphatic carbocycles. The van der Waals surface area contributed by atoms with Gasteiger partial charge in [-0.1, -0.05) is 41.5 Å². The predicted molar refractivity (Wildman–Crippen MR) is 118 cm³/mol. The van der Waals surface area contributed by atoms with Gasteiger partial charge in [-0.15, -0.1) is 0 Å². The van der Waals surface area contributed by atoms with Crippen LogP contribution in [0.2, 0.25) is 0 Å². The van der Waals surface area contributed by atoms with Gasteiger partial charge in [0.15, 0.2) is 0 Å². The highest BCUT2D eigenvalue weighted by Crippen LogP contribution is 2.26. The second-order valence-corrected chi connectivity index (χ2v) is 7.45. The Bertz CT molecular complexity index is 958. The minimum atomic E-state index is 0.792. The molecule has 138 valence electrons. The average Bonchev–Trinajstić information content (AvgIpc) is 3.00. The lowest BCUT2D eigenvalue weighted by Gasteiger charge is -2.06. The van der Waals surface area contributed by atoms with E-state index in [-0.39, 0.29) is 0 Å². The van der Waals surface area contributed by atoms with E-state index < -0.39 is 0 Å². The first-order valence-electron chi connectivity index (χ1n) is 9.35. The van der Waals surface area contributed by atoms with Gasteiger partial charge in [0.05, 0.1) is 29.0 Å². The molecule has 27 heavy (non-hydrogen) atoms. The van der Waals surface area contributed by atoms with Crippen LogP contribution in [0.1, 0.15) is 39.8 Å². The number of benzene rings is 2. The van der Waals surface area contributed by atoms with Crippen LogP contribution >= 0.6 is 0 Å². The van der Waals surface area contributed by atoms with Crippen LogP contribution in [0.25, 0.3) is 0 Å². The fourth-order valence-electron chi connectivity index (χ4n) is 3.65.